The molecule has 0 fully saturated rings. The van der Waals surface area contributed by atoms with Crippen molar-refractivity contribution < 1.29 is 0 Å². The van der Waals surface area contributed by atoms with Crippen molar-refractivity contribution in [1.29, 1.82) is 5.26 Å². The minimum absolute atomic E-state index is 0.114. The van der Waals surface area contributed by atoms with Crippen LogP contribution in [0.2, 0.25) is 0 Å². The van der Waals surface area contributed by atoms with Crippen molar-refractivity contribution in [1.82, 2.24) is 0 Å². The maximum absolute atomic E-state index is 10.3. The smallest absolute Gasteiger partial charge is 0.252 e. The predicted octanol–water partition coefficient (Wildman–Crippen LogP) is 14.0. The average Bonchev–Trinajstić information content (AvgIpc) is 3.39. The Morgan fingerprint density at radius 1 is 0.308 bits per heavy atom. The number of fused-ring (bicyclic) bond motifs is 4. The molecule has 0 saturated heterocycles. The van der Waals surface area contributed by atoms with Gasteiger partial charge in [0.2, 0.25) is 0 Å². The van der Waals surface area contributed by atoms with Gasteiger partial charge in [-0.2, -0.15) is 5.26 Å². The lowest BCUT2D eigenvalue weighted by Gasteiger charge is -2.45. The highest BCUT2D eigenvalue weighted by atomic mass is 15.2. The summed E-state index contributed by atoms with van der Waals surface area (Å²) in [6, 6.07) is 89.8. The summed E-state index contributed by atoms with van der Waals surface area (Å²) >= 11 is 0. The molecule has 0 saturated carbocycles. The van der Waals surface area contributed by atoms with Crippen molar-refractivity contribution in [3.8, 4) is 61.7 Å². The van der Waals surface area contributed by atoms with Crippen LogP contribution in [0.15, 0.2) is 243 Å². The van der Waals surface area contributed by atoms with Crippen molar-refractivity contribution in [2.24, 2.45) is 0 Å². The molecule has 0 aliphatic carbocycles. The van der Waals surface area contributed by atoms with E-state index < -0.39 is 0 Å². The minimum Gasteiger partial charge on any atom is -0.311 e. The Balaban J connectivity index is 1.19. The van der Waals surface area contributed by atoms with Gasteiger partial charge in [-0.15, -0.1) is 0 Å². The van der Waals surface area contributed by atoms with E-state index in [2.05, 4.69) is 240 Å². The first-order chi connectivity index (χ1) is 32.2. The lowest BCUT2D eigenvalue weighted by Crippen LogP contribution is -2.61. The van der Waals surface area contributed by atoms with Gasteiger partial charge < -0.3 is 9.80 Å². The normalized spacial score (nSPS) is 12.2. The molecule has 65 heavy (non-hydrogen) atoms. The summed E-state index contributed by atoms with van der Waals surface area (Å²) in [6.45, 7) is -0.114. The molecule has 0 radical (unpaired) electrons. The van der Waals surface area contributed by atoms with Crippen molar-refractivity contribution in [2.45, 2.75) is 0 Å². The van der Waals surface area contributed by atoms with Gasteiger partial charge in [0.15, 0.2) is 0 Å². The molecule has 10 aromatic carbocycles. The molecule has 4 heteroatoms. The van der Waals surface area contributed by atoms with Gasteiger partial charge in [0.05, 0.1) is 17.3 Å². The van der Waals surface area contributed by atoms with Crippen molar-refractivity contribution in [3.63, 3.8) is 0 Å². The van der Waals surface area contributed by atoms with E-state index in [-0.39, 0.29) is 6.71 Å². The Kier molecular flexibility index (Phi) is 9.32. The van der Waals surface area contributed by atoms with Crippen molar-refractivity contribution in [3.05, 3.63) is 248 Å². The van der Waals surface area contributed by atoms with Crippen molar-refractivity contribution >= 4 is 57.2 Å². The minimum atomic E-state index is -0.114. The molecule has 0 spiro atoms. The molecular weight excluding hydrogens is 786 g/mol. The monoisotopic (exact) mass is 825 g/mol. The lowest BCUT2D eigenvalue weighted by molar-refractivity contribution is 1.25. The molecule has 0 aromatic heterocycles. The third-order valence-electron chi connectivity index (χ3n) is 13.1. The topological polar surface area (TPSA) is 30.3 Å². The highest BCUT2D eigenvalue weighted by Gasteiger charge is 2.44. The number of hydrogen-bond donors (Lipinski definition) is 0. The summed E-state index contributed by atoms with van der Waals surface area (Å²) in [5.74, 6) is 0. The number of nitrogens with zero attached hydrogens (tertiary/aromatic N) is 3. The molecule has 0 N–H and O–H groups in total. The predicted molar refractivity (Wildman–Crippen MR) is 272 cm³/mol. The Labute approximate surface area is 380 Å². The molecule has 0 unspecified atom stereocenters. The van der Waals surface area contributed by atoms with Crippen molar-refractivity contribution in [2.75, 3.05) is 9.80 Å². The number of hydrogen-bond acceptors (Lipinski definition) is 3. The fourth-order valence-corrected chi connectivity index (χ4v) is 10.0. The second kappa shape index (κ2) is 15.9. The van der Waals surface area contributed by atoms with Gasteiger partial charge in [-0.25, -0.2) is 0 Å². The number of benzene rings is 10. The molecule has 3 nitrogen and oxygen atoms in total. The van der Waals surface area contributed by atoms with Gasteiger partial charge in [0, 0.05) is 34.0 Å². The van der Waals surface area contributed by atoms with Gasteiger partial charge in [0.25, 0.3) is 6.71 Å². The molecular formula is C61H40BN3. The summed E-state index contributed by atoms with van der Waals surface area (Å²) in [5.41, 5.74) is 22.3. The van der Waals surface area contributed by atoms with Gasteiger partial charge in [0.1, 0.15) is 0 Å². The van der Waals surface area contributed by atoms with Crippen LogP contribution in [-0.4, -0.2) is 6.71 Å². The average molecular weight is 826 g/mol. The maximum Gasteiger partial charge on any atom is 0.252 e. The highest BCUT2D eigenvalue weighted by Crippen LogP contribution is 2.49. The van der Waals surface area contributed by atoms with E-state index in [1.165, 1.54) is 44.2 Å². The summed E-state index contributed by atoms with van der Waals surface area (Å²) in [6.07, 6.45) is 0. The summed E-state index contributed by atoms with van der Waals surface area (Å²) in [7, 11) is 0. The first-order valence-electron chi connectivity index (χ1n) is 22.2. The third kappa shape index (κ3) is 6.61. The van der Waals surface area contributed by atoms with E-state index in [9.17, 15) is 5.26 Å². The van der Waals surface area contributed by atoms with Gasteiger partial charge in [-0.05, 0) is 121 Å². The SMILES string of the molecule is N#Cc1ccc(N2c3ccc(-c4ccccc4)cc3B3c4cc(-c5ccccc5)ccc4N(c4ccc(-c5ccccc5)cc4)c4cc(-c5ccccc5)cc2c43)c(-c2ccccc2)c1. The van der Waals surface area contributed by atoms with E-state index >= 15 is 0 Å². The Morgan fingerprint density at radius 3 is 1.22 bits per heavy atom. The van der Waals surface area contributed by atoms with E-state index in [1.54, 1.807) is 0 Å². The Hall–Kier alpha value is -8.65. The Bertz CT molecular complexity index is 3420. The van der Waals surface area contributed by atoms with Gasteiger partial charge >= 0.3 is 0 Å². The van der Waals surface area contributed by atoms with Crippen LogP contribution in [-0.2, 0) is 0 Å². The molecule has 302 valence electrons. The van der Waals surface area contributed by atoms with Crippen LogP contribution >= 0.6 is 0 Å². The zero-order valence-corrected chi connectivity index (χ0v) is 35.5. The fourth-order valence-electron chi connectivity index (χ4n) is 10.0. The van der Waals surface area contributed by atoms with E-state index in [1.807, 2.05) is 18.2 Å². The van der Waals surface area contributed by atoms with Crippen LogP contribution in [0.1, 0.15) is 5.56 Å². The number of nitriles is 1. The van der Waals surface area contributed by atoms with Crippen LogP contribution in [0.5, 0.6) is 0 Å². The number of anilines is 6. The zero-order valence-electron chi connectivity index (χ0n) is 35.5. The number of rotatable bonds is 7. The summed E-state index contributed by atoms with van der Waals surface area (Å²) < 4.78 is 0. The van der Waals surface area contributed by atoms with E-state index in [0.717, 1.165) is 61.9 Å². The van der Waals surface area contributed by atoms with E-state index in [4.69, 9.17) is 0 Å². The second-order valence-electron chi connectivity index (χ2n) is 16.8. The van der Waals surface area contributed by atoms with Gasteiger partial charge in [-0.1, -0.05) is 188 Å². The fraction of sp³-hybridized carbons (Fsp3) is 0. The molecule has 0 amide bonds. The third-order valence-corrected chi connectivity index (χ3v) is 13.1. The zero-order chi connectivity index (χ0) is 43.3. The van der Waals surface area contributed by atoms with Crippen LogP contribution in [0.25, 0.3) is 55.6 Å². The van der Waals surface area contributed by atoms with Gasteiger partial charge in [-0.3, -0.25) is 0 Å². The molecule has 10 aromatic rings. The molecule has 12 rings (SSSR count). The summed E-state index contributed by atoms with van der Waals surface area (Å²) in [4.78, 5) is 4.96. The second-order valence-corrected chi connectivity index (χ2v) is 16.8. The van der Waals surface area contributed by atoms with Crippen LogP contribution < -0.4 is 26.2 Å². The molecule has 2 aliphatic rings. The first kappa shape index (κ1) is 38.1. The van der Waals surface area contributed by atoms with Crippen LogP contribution in [0.4, 0.5) is 34.1 Å². The largest absolute Gasteiger partial charge is 0.311 e. The standard InChI is InChI=1S/C61H40BN3/c63-41-42-26-33-56(53(36-42)48-24-14-5-15-25-48)65-58-35-30-50(45-20-10-3-11-21-45)38-55(58)62-54-37-49(44-18-8-2-9-19-44)29-34-57(54)64(52-31-27-47(28-32-52)43-16-6-1-7-17-43)59-39-51(40-60(65)61(59)62)46-22-12-4-13-23-46/h1-40H. The molecule has 0 atom stereocenters. The first-order valence-corrected chi connectivity index (χ1v) is 22.2. The molecule has 0 bridgehead atoms. The highest BCUT2D eigenvalue weighted by molar-refractivity contribution is 7.00. The quantitative estimate of drug-likeness (QED) is 0.150. The Morgan fingerprint density at radius 2 is 0.708 bits per heavy atom. The maximum atomic E-state index is 10.3. The van der Waals surface area contributed by atoms with E-state index in [0.29, 0.717) is 5.56 Å². The molecule has 2 aliphatic heterocycles. The summed E-state index contributed by atoms with van der Waals surface area (Å²) in [5, 5.41) is 10.3. The lowest BCUT2D eigenvalue weighted by atomic mass is 9.33. The van der Waals surface area contributed by atoms with Crippen LogP contribution in [0.3, 0.4) is 0 Å². The van der Waals surface area contributed by atoms with Crippen LogP contribution in [0, 0.1) is 11.3 Å². The molecule has 2 heterocycles.